The van der Waals surface area contributed by atoms with E-state index in [1.807, 2.05) is 6.26 Å². The van der Waals surface area contributed by atoms with Crippen molar-refractivity contribution in [3.05, 3.63) is 67.0 Å². The number of ether oxygens (including phenoxy) is 3. The fourth-order valence-electron chi connectivity index (χ4n) is 4.88. The van der Waals surface area contributed by atoms with E-state index in [0.29, 0.717) is 23.7 Å². The minimum Gasteiger partial charge on any atom is -0.439 e. The summed E-state index contributed by atoms with van der Waals surface area (Å²) in [5.74, 6) is 0.448. The summed E-state index contributed by atoms with van der Waals surface area (Å²) in [6, 6.07) is 16.3. The number of thioether (sulfide) groups is 2. The van der Waals surface area contributed by atoms with Crippen LogP contribution in [0.5, 0.6) is 0 Å². The highest BCUT2D eigenvalue weighted by Crippen LogP contribution is 2.45. The van der Waals surface area contributed by atoms with Gasteiger partial charge in [0.05, 0.1) is 19.4 Å². The molecule has 1 fully saturated rings. The van der Waals surface area contributed by atoms with Crippen LogP contribution in [-0.2, 0) is 23.3 Å². The lowest BCUT2D eigenvalue weighted by Gasteiger charge is -2.25. The molecule has 1 aliphatic rings. The highest BCUT2D eigenvalue weighted by Gasteiger charge is 2.52. The molecule has 3 heterocycles. The van der Waals surface area contributed by atoms with Gasteiger partial charge in [-0.3, -0.25) is 24.6 Å². The van der Waals surface area contributed by atoms with Crippen molar-refractivity contribution in [2.45, 2.75) is 42.3 Å². The van der Waals surface area contributed by atoms with Crippen molar-refractivity contribution in [3.8, 4) is 0 Å². The highest BCUT2D eigenvalue weighted by molar-refractivity contribution is 7.99. The van der Waals surface area contributed by atoms with Gasteiger partial charge in [0.2, 0.25) is 0 Å². The van der Waals surface area contributed by atoms with Gasteiger partial charge in [0.1, 0.15) is 6.10 Å². The number of aromatic nitrogens is 4. The number of carbonyl (C=O) groups is 2. The molecule has 52 heavy (non-hydrogen) atoms. The number of imidazole rings is 1. The summed E-state index contributed by atoms with van der Waals surface area (Å²) in [6.45, 7) is -0.541. The highest BCUT2D eigenvalue weighted by atomic mass is 32.2. The summed E-state index contributed by atoms with van der Waals surface area (Å²) < 4.78 is 87.4. The summed E-state index contributed by atoms with van der Waals surface area (Å²) in [5, 5.41) is 8.08. The van der Waals surface area contributed by atoms with Crippen LogP contribution in [0.15, 0.2) is 72.1 Å². The number of benzene rings is 2. The second kappa shape index (κ2) is 17.6. The van der Waals surface area contributed by atoms with Crippen molar-refractivity contribution in [2.24, 2.45) is 0 Å². The maximum absolute atomic E-state index is 13.7. The molecule has 280 valence electrons. The number of alkyl halides is 3. The second-order valence-corrected chi connectivity index (χ2v) is 14.1. The van der Waals surface area contributed by atoms with Crippen molar-refractivity contribution in [1.82, 2.24) is 19.5 Å². The van der Waals surface area contributed by atoms with Crippen LogP contribution < -0.4 is 16.0 Å². The zero-order valence-corrected chi connectivity index (χ0v) is 29.6. The van der Waals surface area contributed by atoms with Gasteiger partial charge in [0, 0.05) is 29.4 Å². The van der Waals surface area contributed by atoms with Crippen LogP contribution in [0.3, 0.4) is 0 Å². The third-order valence-electron chi connectivity index (χ3n) is 7.10. The van der Waals surface area contributed by atoms with E-state index in [4.69, 9.17) is 14.2 Å². The number of amides is 2. The predicted molar refractivity (Wildman–Crippen MR) is 185 cm³/mol. The topological polar surface area (TPSA) is 188 Å². The smallest absolute Gasteiger partial charge is 0.439 e. The number of halogens is 4. The van der Waals surface area contributed by atoms with Crippen molar-refractivity contribution in [1.29, 1.82) is 0 Å². The van der Waals surface area contributed by atoms with Crippen molar-refractivity contribution in [3.63, 3.8) is 0 Å². The molecular weight excluding hydrogens is 757 g/mol. The first kappa shape index (κ1) is 39.1. The Morgan fingerprint density at radius 1 is 0.981 bits per heavy atom. The first-order valence-corrected chi connectivity index (χ1v) is 19.2. The molecule has 0 spiro atoms. The Labute approximate surface area is 302 Å². The molecule has 0 aliphatic carbocycles. The molecule has 1 aliphatic heterocycles. The van der Waals surface area contributed by atoms with Gasteiger partial charge in [-0.25, -0.2) is 29.1 Å². The number of carbonyl (C=O) groups excluding carboxylic acids is 2. The Morgan fingerprint density at radius 3 is 2.17 bits per heavy atom. The van der Waals surface area contributed by atoms with Gasteiger partial charge >= 0.3 is 26.3 Å². The lowest BCUT2D eigenvalue weighted by Crippen LogP contribution is -2.42. The minimum absolute atomic E-state index is 0.0191. The standard InChI is InChI=1S/C30H32F4N7O8PS2/c1-51-15-13-35-24-21-25(40-27(39-24)52-14-12-30(31,32)33)41(17-36-21)26-23(49-29(43)38-19-10-6-3-7-11-19)22(20(47-26)16-46-50(34,44)45)48-28(42)37-18-8-4-2-5-9-18/h2-11,17,20,22-23,26H,12-16H2,1H3,(H,37,42)(H,38,43)(H,44,45)(H,35,39,40)/t20-,22-,23-,26-/m1/s1. The Morgan fingerprint density at radius 2 is 1.60 bits per heavy atom. The Kier molecular flexibility index (Phi) is 13.2. The normalized spacial score (nSPS) is 19.9. The molecule has 15 nitrogen and oxygen atoms in total. The van der Waals surface area contributed by atoms with Gasteiger partial charge in [0.25, 0.3) is 0 Å². The number of anilines is 3. The number of rotatable bonds is 15. The number of fused-ring (bicyclic) bond motifs is 1. The third kappa shape index (κ3) is 11.2. The molecule has 4 aromatic rings. The molecule has 0 bridgehead atoms. The molecule has 2 amide bonds. The van der Waals surface area contributed by atoms with E-state index in [0.717, 1.165) is 11.8 Å². The molecule has 5 atom stereocenters. The molecule has 5 rings (SSSR count). The molecule has 2 aromatic heterocycles. The van der Waals surface area contributed by atoms with E-state index in [1.165, 1.54) is 22.7 Å². The fourth-order valence-corrected chi connectivity index (χ4v) is 6.34. The van der Waals surface area contributed by atoms with Crippen molar-refractivity contribution in [2.75, 3.05) is 46.9 Å². The summed E-state index contributed by atoms with van der Waals surface area (Å²) in [5.41, 5.74) is 0.849. The number of hydrogen-bond donors (Lipinski definition) is 4. The zero-order valence-electron chi connectivity index (χ0n) is 27.1. The molecule has 2 aromatic carbocycles. The van der Waals surface area contributed by atoms with E-state index in [1.54, 1.807) is 60.7 Å². The molecule has 0 saturated carbocycles. The second-order valence-electron chi connectivity index (χ2n) is 10.8. The first-order valence-electron chi connectivity index (χ1n) is 15.3. The van der Waals surface area contributed by atoms with Gasteiger partial charge in [-0.15, -0.1) is 4.20 Å². The average molecular weight is 790 g/mol. The number of nitrogens with one attached hydrogen (secondary N) is 3. The van der Waals surface area contributed by atoms with Crippen molar-refractivity contribution < 1.29 is 55.2 Å². The van der Waals surface area contributed by atoms with E-state index in [2.05, 4.69) is 35.4 Å². The molecule has 1 saturated heterocycles. The van der Waals surface area contributed by atoms with Crippen LogP contribution in [0.25, 0.3) is 11.2 Å². The Balaban J connectivity index is 1.54. The van der Waals surface area contributed by atoms with Crippen LogP contribution >= 0.6 is 31.4 Å². The van der Waals surface area contributed by atoms with Crippen LogP contribution in [0.2, 0.25) is 0 Å². The summed E-state index contributed by atoms with van der Waals surface area (Å²) in [4.78, 5) is 48.8. The van der Waals surface area contributed by atoms with E-state index in [-0.39, 0.29) is 22.1 Å². The number of nitrogens with zero attached hydrogens (tertiary/aromatic N) is 4. The lowest BCUT2D eigenvalue weighted by atomic mass is 10.1. The summed E-state index contributed by atoms with van der Waals surface area (Å²) in [6.07, 6.45) is -10.7. The summed E-state index contributed by atoms with van der Waals surface area (Å²) in [7, 11) is -5.58. The average Bonchev–Trinajstić information content (AvgIpc) is 3.65. The minimum atomic E-state index is -5.58. The third-order valence-corrected chi connectivity index (χ3v) is 9.03. The maximum atomic E-state index is 13.7. The lowest BCUT2D eigenvalue weighted by molar-refractivity contribution is -0.129. The van der Waals surface area contributed by atoms with Gasteiger partial charge in [-0.05, 0) is 30.5 Å². The van der Waals surface area contributed by atoms with Gasteiger partial charge in [-0.1, -0.05) is 48.2 Å². The molecule has 0 radical (unpaired) electrons. The van der Waals surface area contributed by atoms with Crippen LogP contribution in [0.4, 0.5) is 44.1 Å². The van der Waals surface area contributed by atoms with Gasteiger partial charge in [-0.2, -0.15) is 24.9 Å². The van der Waals surface area contributed by atoms with Crippen LogP contribution in [0.1, 0.15) is 12.6 Å². The Hall–Kier alpha value is -4.14. The van der Waals surface area contributed by atoms with E-state index < -0.39 is 69.6 Å². The van der Waals surface area contributed by atoms with E-state index >= 15 is 0 Å². The fraction of sp³-hybridized carbons (Fsp3) is 0.367. The first-order chi connectivity index (χ1) is 24.8. The Bertz CT molecular complexity index is 1860. The SMILES string of the molecule is CSCCNc1nc(SCCC(F)(F)F)nc2c1ncn2[C@@H]1O[C@H](COP(=O)(O)F)[C@@H](OC(=O)Nc2ccccc2)[C@H]1OC(=O)Nc1ccccc1. The predicted octanol–water partition coefficient (Wildman–Crippen LogP) is 6.86. The quantitative estimate of drug-likeness (QED) is 0.0321. The molecular formula is C30H32F4N7O8PS2. The summed E-state index contributed by atoms with van der Waals surface area (Å²) >= 11 is 2.27. The maximum Gasteiger partial charge on any atom is 0.510 e. The van der Waals surface area contributed by atoms with Gasteiger partial charge < -0.3 is 19.5 Å². The van der Waals surface area contributed by atoms with Gasteiger partial charge in [0.15, 0.2) is 40.6 Å². The molecule has 4 N–H and O–H groups in total. The van der Waals surface area contributed by atoms with Crippen LogP contribution in [0, 0.1) is 0 Å². The molecule has 1 unspecified atom stereocenters. The van der Waals surface area contributed by atoms with E-state index in [9.17, 15) is 36.4 Å². The largest absolute Gasteiger partial charge is 0.510 e. The monoisotopic (exact) mass is 789 g/mol. The number of para-hydroxylation sites is 2. The molecule has 22 heteroatoms. The van der Waals surface area contributed by atoms with Crippen molar-refractivity contribution >= 4 is 72.0 Å². The zero-order chi connectivity index (χ0) is 37.3. The number of hydrogen-bond acceptors (Lipinski definition) is 13. The van der Waals surface area contributed by atoms with Crippen LogP contribution in [-0.4, -0.2) is 92.0 Å².